The van der Waals surface area contributed by atoms with Crippen LogP contribution in [-0.2, 0) is 5.41 Å². The lowest BCUT2D eigenvalue weighted by atomic mass is 9.66. The first-order valence-electron chi connectivity index (χ1n) is 6.40. The number of benzene rings is 1. The monoisotopic (exact) mass is 247 g/mol. The fourth-order valence-electron chi connectivity index (χ4n) is 2.83. The van der Waals surface area contributed by atoms with Gasteiger partial charge < -0.3 is 15.6 Å². The zero-order chi connectivity index (χ0) is 13.0. The third-order valence-electron chi connectivity index (χ3n) is 3.98. The highest BCUT2D eigenvalue weighted by Gasteiger charge is 2.38. The van der Waals surface area contributed by atoms with Gasteiger partial charge in [0.1, 0.15) is 5.75 Å². The van der Waals surface area contributed by atoms with Gasteiger partial charge in [-0.2, -0.15) is 0 Å². The van der Waals surface area contributed by atoms with Gasteiger partial charge in [-0.3, -0.25) is 0 Å². The summed E-state index contributed by atoms with van der Waals surface area (Å²) in [5.74, 6) is 1.09. The minimum absolute atomic E-state index is 0.0819. The molecule has 2 rings (SSSR count). The van der Waals surface area contributed by atoms with Crippen molar-refractivity contribution in [1.82, 2.24) is 0 Å². The average molecular weight is 247 g/mol. The molecule has 0 amide bonds. The summed E-state index contributed by atoms with van der Waals surface area (Å²) in [5.41, 5.74) is 6.61. The first kappa shape index (κ1) is 13.1. The first-order chi connectivity index (χ1) is 8.76. The van der Waals surface area contributed by atoms with Crippen molar-refractivity contribution < 1.29 is 9.84 Å². The summed E-state index contributed by atoms with van der Waals surface area (Å²) >= 11 is 0. The number of hydrogen-bond donors (Lipinski definition) is 2. The second-order valence-electron chi connectivity index (χ2n) is 4.84. The maximum absolute atomic E-state index is 9.91. The number of methoxy groups -OCH3 is 1. The van der Waals surface area contributed by atoms with Crippen LogP contribution in [0.3, 0.4) is 0 Å². The van der Waals surface area contributed by atoms with Crippen molar-refractivity contribution in [2.45, 2.75) is 18.3 Å². The molecule has 0 heterocycles. The van der Waals surface area contributed by atoms with Crippen molar-refractivity contribution in [3.63, 3.8) is 0 Å². The third-order valence-corrected chi connectivity index (χ3v) is 3.98. The lowest BCUT2D eigenvalue weighted by Gasteiger charge is -2.39. The Hall–Kier alpha value is -1.32. The molecule has 0 aromatic heterocycles. The van der Waals surface area contributed by atoms with Crippen LogP contribution in [0.2, 0.25) is 0 Å². The van der Waals surface area contributed by atoms with Crippen molar-refractivity contribution in [1.29, 1.82) is 0 Å². The van der Waals surface area contributed by atoms with Crippen molar-refractivity contribution in [3.8, 4) is 5.75 Å². The van der Waals surface area contributed by atoms with E-state index in [2.05, 4.69) is 12.2 Å². The standard InChI is InChI=1S/C15H21NO2/c1-18-14-7-4-6-12(9-14)15(11-17)8-3-2-5-13(15)10-16/h3-4,6-9,13,17H,2,5,10-11,16H2,1H3. The van der Waals surface area contributed by atoms with E-state index in [4.69, 9.17) is 10.5 Å². The van der Waals surface area contributed by atoms with E-state index in [0.29, 0.717) is 6.54 Å². The summed E-state index contributed by atoms with van der Waals surface area (Å²) < 4.78 is 5.27. The van der Waals surface area contributed by atoms with Gasteiger partial charge in [0.25, 0.3) is 0 Å². The highest BCUT2D eigenvalue weighted by Crippen LogP contribution is 2.40. The predicted octanol–water partition coefficient (Wildman–Crippen LogP) is 1.85. The number of aliphatic hydroxyl groups excluding tert-OH is 1. The molecule has 3 nitrogen and oxygen atoms in total. The second-order valence-corrected chi connectivity index (χ2v) is 4.84. The third kappa shape index (κ3) is 2.16. The van der Waals surface area contributed by atoms with E-state index in [-0.39, 0.29) is 17.9 Å². The minimum atomic E-state index is -0.360. The van der Waals surface area contributed by atoms with E-state index in [1.54, 1.807) is 7.11 Å². The molecule has 0 saturated carbocycles. The number of hydrogen-bond acceptors (Lipinski definition) is 3. The van der Waals surface area contributed by atoms with E-state index in [0.717, 1.165) is 24.2 Å². The van der Waals surface area contributed by atoms with Gasteiger partial charge in [-0.25, -0.2) is 0 Å². The lowest BCUT2D eigenvalue weighted by Crippen LogP contribution is -2.42. The number of aliphatic hydroxyl groups is 1. The molecule has 98 valence electrons. The molecule has 18 heavy (non-hydrogen) atoms. The Morgan fingerprint density at radius 2 is 2.33 bits per heavy atom. The van der Waals surface area contributed by atoms with Gasteiger partial charge in [-0.05, 0) is 43.0 Å². The zero-order valence-corrected chi connectivity index (χ0v) is 10.8. The molecule has 0 saturated heterocycles. The second kappa shape index (κ2) is 5.55. The van der Waals surface area contributed by atoms with Crippen LogP contribution in [0.25, 0.3) is 0 Å². The summed E-state index contributed by atoms with van der Waals surface area (Å²) in [4.78, 5) is 0. The molecule has 0 radical (unpaired) electrons. The van der Waals surface area contributed by atoms with Crippen molar-refractivity contribution >= 4 is 0 Å². The normalized spacial score (nSPS) is 27.2. The van der Waals surface area contributed by atoms with Crippen molar-refractivity contribution in [2.24, 2.45) is 11.7 Å². The molecular formula is C15H21NO2. The molecule has 0 spiro atoms. The van der Waals surface area contributed by atoms with E-state index < -0.39 is 0 Å². The largest absolute Gasteiger partial charge is 0.497 e. The molecule has 0 fully saturated rings. The van der Waals surface area contributed by atoms with Crippen molar-refractivity contribution in [2.75, 3.05) is 20.3 Å². The summed E-state index contributed by atoms with van der Waals surface area (Å²) in [6.45, 7) is 0.667. The molecular weight excluding hydrogens is 226 g/mol. The Balaban J connectivity index is 2.47. The lowest BCUT2D eigenvalue weighted by molar-refractivity contribution is 0.163. The fraction of sp³-hybridized carbons (Fsp3) is 0.467. The van der Waals surface area contributed by atoms with Gasteiger partial charge in [0.05, 0.1) is 13.7 Å². The van der Waals surface area contributed by atoms with Gasteiger partial charge in [-0.1, -0.05) is 24.3 Å². The molecule has 1 aromatic carbocycles. The van der Waals surface area contributed by atoms with Gasteiger partial charge >= 0.3 is 0 Å². The van der Waals surface area contributed by atoms with Crippen molar-refractivity contribution in [3.05, 3.63) is 42.0 Å². The van der Waals surface area contributed by atoms with Crippen LogP contribution in [0.5, 0.6) is 5.75 Å². The zero-order valence-electron chi connectivity index (χ0n) is 10.8. The van der Waals surface area contributed by atoms with Crippen LogP contribution in [-0.4, -0.2) is 25.4 Å². The van der Waals surface area contributed by atoms with Gasteiger partial charge in [-0.15, -0.1) is 0 Å². The minimum Gasteiger partial charge on any atom is -0.497 e. The molecule has 0 bridgehead atoms. The maximum atomic E-state index is 9.91. The van der Waals surface area contributed by atoms with E-state index in [9.17, 15) is 5.11 Å². The Morgan fingerprint density at radius 1 is 1.50 bits per heavy atom. The summed E-state index contributed by atoms with van der Waals surface area (Å²) in [6.07, 6.45) is 6.31. The summed E-state index contributed by atoms with van der Waals surface area (Å²) in [7, 11) is 1.65. The number of rotatable bonds is 4. The molecule has 3 N–H and O–H groups in total. The average Bonchev–Trinajstić information content (AvgIpc) is 2.47. The number of allylic oxidation sites excluding steroid dienone is 1. The molecule has 1 aromatic rings. The highest BCUT2D eigenvalue weighted by molar-refractivity contribution is 5.39. The number of nitrogens with two attached hydrogens (primary N) is 1. The molecule has 2 atom stereocenters. The SMILES string of the molecule is COc1cccc(C2(CO)C=CCCC2CN)c1. The quantitative estimate of drug-likeness (QED) is 0.798. The van der Waals surface area contributed by atoms with E-state index >= 15 is 0 Å². The van der Waals surface area contributed by atoms with Crippen LogP contribution in [0.4, 0.5) is 0 Å². The first-order valence-corrected chi connectivity index (χ1v) is 6.40. The molecule has 2 unspecified atom stereocenters. The highest BCUT2D eigenvalue weighted by atomic mass is 16.5. The van der Waals surface area contributed by atoms with Crippen LogP contribution in [0.15, 0.2) is 36.4 Å². The molecule has 1 aliphatic carbocycles. The predicted molar refractivity (Wildman–Crippen MR) is 72.7 cm³/mol. The van der Waals surface area contributed by atoms with Gasteiger partial charge in [0.15, 0.2) is 0 Å². The molecule has 3 heteroatoms. The maximum Gasteiger partial charge on any atom is 0.119 e. The van der Waals surface area contributed by atoms with Crippen LogP contribution < -0.4 is 10.5 Å². The molecule has 1 aliphatic rings. The summed E-state index contributed by atoms with van der Waals surface area (Å²) in [6, 6.07) is 7.91. The summed E-state index contributed by atoms with van der Waals surface area (Å²) in [5, 5.41) is 9.91. The van der Waals surface area contributed by atoms with Gasteiger partial charge in [0.2, 0.25) is 0 Å². The Kier molecular flexibility index (Phi) is 4.04. The van der Waals surface area contributed by atoms with E-state index in [1.807, 2.05) is 24.3 Å². The Labute approximate surface area is 108 Å². The Bertz CT molecular complexity index is 430. The van der Waals surface area contributed by atoms with E-state index in [1.165, 1.54) is 0 Å². The van der Waals surface area contributed by atoms with Crippen LogP contribution in [0, 0.1) is 5.92 Å². The van der Waals surface area contributed by atoms with Crippen LogP contribution in [0.1, 0.15) is 18.4 Å². The molecule has 0 aliphatic heterocycles. The smallest absolute Gasteiger partial charge is 0.119 e. The Morgan fingerprint density at radius 3 is 3.00 bits per heavy atom. The topological polar surface area (TPSA) is 55.5 Å². The van der Waals surface area contributed by atoms with Gasteiger partial charge in [0, 0.05) is 5.41 Å². The fourth-order valence-corrected chi connectivity index (χ4v) is 2.83. The number of ether oxygens (including phenoxy) is 1. The van der Waals surface area contributed by atoms with Crippen LogP contribution >= 0.6 is 0 Å².